The number of carboxylic acid groups (broad SMARTS) is 1. The lowest BCUT2D eigenvalue weighted by Gasteiger charge is -2.17. The summed E-state index contributed by atoms with van der Waals surface area (Å²) in [5.41, 5.74) is 1.58. The SMILES string of the molecule is Cc1cc(Br)ccc1C(=O)N1C[C@H](C(=O)O)[C@@H](C2CC2)C1. The number of benzene rings is 1. The van der Waals surface area contributed by atoms with Crippen molar-refractivity contribution in [1.29, 1.82) is 0 Å². The first-order chi connectivity index (χ1) is 9.97. The van der Waals surface area contributed by atoms with E-state index in [-0.39, 0.29) is 11.8 Å². The summed E-state index contributed by atoms with van der Waals surface area (Å²) in [6.45, 7) is 2.82. The van der Waals surface area contributed by atoms with Gasteiger partial charge >= 0.3 is 5.97 Å². The van der Waals surface area contributed by atoms with E-state index >= 15 is 0 Å². The van der Waals surface area contributed by atoms with Crippen molar-refractivity contribution < 1.29 is 14.7 Å². The molecule has 1 aromatic carbocycles. The lowest BCUT2D eigenvalue weighted by molar-refractivity contribution is -0.142. The van der Waals surface area contributed by atoms with Gasteiger partial charge in [0.15, 0.2) is 0 Å². The Morgan fingerprint density at radius 1 is 1.29 bits per heavy atom. The van der Waals surface area contributed by atoms with Gasteiger partial charge in [0.2, 0.25) is 0 Å². The first-order valence-electron chi connectivity index (χ1n) is 7.25. The molecule has 1 aliphatic heterocycles. The van der Waals surface area contributed by atoms with Gasteiger partial charge in [0.05, 0.1) is 5.92 Å². The molecule has 4 nitrogen and oxygen atoms in total. The van der Waals surface area contributed by atoms with Crippen molar-refractivity contribution in [2.75, 3.05) is 13.1 Å². The van der Waals surface area contributed by atoms with Gasteiger partial charge in [0, 0.05) is 23.1 Å². The van der Waals surface area contributed by atoms with Crippen LogP contribution in [0.15, 0.2) is 22.7 Å². The Balaban J connectivity index is 1.80. The van der Waals surface area contributed by atoms with Crippen LogP contribution in [0.1, 0.15) is 28.8 Å². The summed E-state index contributed by atoms with van der Waals surface area (Å²) in [5.74, 6) is -0.599. The van der Waals surface area contributed by atoms with Crippen molar-refractivity contribution in [3.05, 3.63) is 33.8 Å². The maximum atomic E-state index is 12.7. The Morgan fingerprint density at radius 3 is 2.57 bits per heavy atom. The number of hydrogen-bond acceptors (Lipinski definition) is 2. The summed E-state index contributed by atoms with van der Waals surface area (Å²) >= 11 is 3.39. The van der Waals surface area contributed by atoms with E-state index in [1.165, 1.54) is 0 Å². The van der Waals surface area contributed by atoms with Crippen molar-refractivity contribution in [1.82, 2.24) is 4.90 Å². The number of likely N-dealkylation sites (tertiary alicyclic amines) is 1. The maximum absolute atomic E-state index is 12.7. The lowest BCUT2D eigenvalue weighted by atomic mass is 9.92. The summed E-state index contributed by atoms with van der Waals surface area (Å²) in [6, 6.07) is 5.57. The van der Waals surface area contributed by atoms with Crippen molar-refractivity contribution in [3.63, 3.8) is 0 Å². The zero-order valence-corrected chi connectivity index (χ0v) is 13.5. The van der Waals surface area contributed by atoms with E-state index in [1.807, 2.05) is 25.1 Å². The number of nitrogens with zero attached hydrogens (tertiary/aromatic N) is 1. The number of carbonyl (C=O) groups is 2. The van der Waals surface area contributed by atoms with Gasteiger partial charge in [-0.1, -0.05) is 15.9 Å². The molecule has 1 amide bonds. The Morgan fingerprint density at radius 2 is 2.00 bits per heavy atom. The largest absolute Gasteiger partial charge is 0.481 e. The van der Waals surface area contributed by atoms with Crippen LogP contribution in [0.25, 0.3) is 0 Å². The zero-order valence-electron chi connectivity index (χ0n) is 11.9. The lowest BCUT2D eigenvalue weighted by Crippen LogP contribution is -2.30. The second-order valence-corrected chi connectivity index (χ2v) is 7.03. The molecule has 0 radical (unpaired) electrons. The normalized spacial score (nSPS) is 25.1. The van der Waals surface area contributed by atoms with E-state index < -0.39 is 11.9 Å². The molecule has 1 N–H and O–H groups in total. The summed E-state index contributed by atoms with van der Waals surface area (Å²) in [4.78, 5) is 25.8. The summed E-state index contributed by atoms with van der Waals surface area (Å²) in [5, 5.41) is 9.38. The van der Waals surface area contributed by atoms with Crippen molar-refractivity contribution in [2.24, 2.45) is 17.8 Å². The highest BCUT2D eigenvalue weighted by Crippen LogP contribution is 2.44. The van der Waals surface area contributed by atoms with Crippen LogP contribution in [0.4, 0.5) is 0 Å². The summed E-state index contributed by atoms with van der Waals surface area (Å²) in [6.07, 6.45) is 2.21. The molecule has 2 fully saturated rings. The number of halogens is 1. The van der Waals surface area contributed by atoms with Crippen LogP contribution >= 0.6 is 15.9 Å². The van der Waals surface area contributed by atoms with Gasteiger partial charge in [-0.3, -0.25) is 9.59 Å². The zero-order chi connectivity index (χ0) is 15.1. The minimum atomic E-state index is -0.769. The molecule has 0 spiro atoms. The average molecular weight is 352 g/mol. The molecule has 1 heterocycles. The third-order valence-electron chi connectivity index (χ3n) is 4.62. The Hall–Kier alpha value is -1.36. The van der Waals surface area contributed by atoms with E-state index in [9.17, 15) is 14.7 Å². The van der Waals surface area contributed by atoms with E-state index in [2.05, 4.69) is 15.9 Å². The van der Waals surface area contributed by atoms with E-state index in [4.69, 9.17) is 0 Å². The highest BCUT2D eigenvalue weighted by Gasteiger charge is 2.47. The molecule has 2 aliphatic rings. The number of carboxylic acids is 1. The molecule has 1 aliphatic carbocycles. The predicted molar refractivity (Wildman–Crippen MR) is 82.1 cm³/mol. The second kappa shape index (κ2) is 5.44. The Bertz CT molecular complexity index is 597. The molecule has 0 aromatic heterocycles. The number of hydrogen-bond donors (Lipinski definition) is 1. The number of amides is 1. The molecule has 2 atom stereocenters. The first-order valence-corrected chi connectivity index (χ1v) is 8.05. The van der Waals surface area contributed by atoms with E-state index in [1.54, 1.807) is 4.90 Å². The molecule has 3 rings (SSSR count). The standard InChI is InChI=1S/C16H18BrNO3/c1-9-6-11(17)4-5-12(9)15(19)18-7-13(10-2-3-10)14(8-18)16(20)21/h4-6,10,13-14H,2-3,7-8H2,1H3,(H,20,21)/t13-,14+/m1/s1. The molecule has 1 saturated carbocycles. The number of aliphatic carboxylic acids is 1. The van der Waals surface area contributed by atoms with Crippen molar-refractivity contribution in [2.45, 2.75) is 19.8 Å². The van der Waals surface area contributed by atoms with Gasteiger partial charge < -0.3 is 10.0 Å². The van der Waals surface area contributed by atoms with E-state index in [0.29, 0.717) is 24.6 Å². The van der Waals surface area contributed by atoms with Crippen LogP contribution in [0.3, 0.4) is 0 Å². The van der Waals surface area contributed by atoms with Gasteiger partial charge in [-0.15, -0.1) is 0 Å². The smallest absolute Gasteiger partial charge is 0.308 e. The number of aryl methyl sites for hydroxylation is 1. The molecule has 112 valence electrons. The van der Waals surface area contributed by atoms with Crippen LogP contribution in [-0.4, -0.2) is 35.0 Å². The number of rotatable bonds is 3. The minimum Gasteiger partial charge on any atom is -0.481 e. The van der Waals surface area contributed by atoms with Crippen LogP contribution in [-0.2, 0) is 4.79 Å². The van der Waals surface area contributed by atoms with Gasteiger partial charge in [0.25, 0.3) is 5.91 Å². The average Bonchev–Trinajstić information content (AvgIpc) is 3.16. The minimum absolute atomic E-state index is 0.0469. The van der Waals surface area contributed by atoms with Crippen LogP contribution < -0.4 is 0 Å². The number of carbonyl (C=O) groups excluding carboxylic acids is 1. The molecule has 1 aromatic rings. The topological polar surface area (TPSA) is 57.6 Å². The highest BCUT2D eigenvalue weighted by molar-refractivity contribution is 9.10. The molecule has 1 saturated heterocycles. The van der Waals surface area contributed by atoms with Gasteiger partial charge in [-0.25, -0.2) is 0 Å². The third-order valence-corrected chi connectivity index (χ3v) is 5.11. The van der Waals surface area contributed by atoms with Crippen LogP contribution in [0.5, 0.6) is 0 Å². The van der Waals surface area contributed by atoms with Crippen LogP contribution in [0.2, 0.25) is 0 Å². The Kier molecular flexibility index (Phi) is 3.78. The van der Waals surface area contributed by atoms with Crippen LogP contribution in [0, 0.1) is 24.7 Å². The highest BCUT2D eigenvalue weighted by atomic mass is 79.9. The third kappa shape index (κ3) is 2.84. The fourth-order valence-electron chi connectivity index (χ4n) is 3.30. The molecule has 0 bridgehead atoms. The van der Waals surface area contributed by atoms with Crippen molar-refractivity contribution in [3.8, 4) is 0 Å². The van der Waals surface area contributed by atoms with Gasteiger partial charge in [-0.2, -0.15) is 0 Å². The molecular formula is C16H18BrNO3. The fraction of sp³-hybridized carbons (Fsp3) is 0.500. The first kappa shape index (κ1) is 14.6. The molecule has 0 unspecified atom stereocenters. The summed E-state index contributed by atoms with van der Waals surface area (Å²) < 4.78 is 0.942. The van der Waals surface area contributed by atoms with E-state index in [0.717, 1.165) is 22.9 Å². The Labute approximate surface area is 132 Å². The second-order valence-electron chi connectivity index (χ2n) is 6.12. The van der Waals surface area contributed by atoms with Gasteiger partial charge in [-0.05, 0) is 55.4 Å². The monoisotopic (exact) mass is 351 g/mol. The quantitative estimate of drug-likeness (QED) is 0.910. The van der Waals surface area contributed by atoms with Crippen molar-refractivity contribution >= 4 is 27.8 Å². The molecule has 21 heavy (non-hydrogen) atoms. The maximum Gasteiger partial charge on any atom is 0.308 e. The molecule has 5 heteroatoms. The predicted octanol–water partition coefficient (Wildman–Crippen LogP) is 2.94. The fourth-order valence-corrected chi connectivity index (χ4v) is 3.77. The molecular weight excluding hydrogens is 334 g/mol. The summed E-state index contributed by atoms with van der Waals surface area (Å²) in [7, 11) is 0. The van der Waals surface area contributed by atoms with Gasteiger partial charge in [0.1, 0.15) is 0 Å².